The van der Waals surface area contributed by atoms with Crippen molar-refractivity contribution in [3.63, 3.8) is 0 Å². The van der Waals surface area contributed by atoms with Gasteiger partial charge in [-0.05, 0) is 49.7 Å². The Hall–Kier alpha value is -4.50. The molecule has 2 saturated heterocycles. The fraction of sp³-hybridized carbons (Fsp3) is 0.526. The molecule has 14 nitrogen and oxygen atoms in total. The highest BCUT2D eigenvalue weighted by Gasteiger charge is 2.51. The van der Waals surface area contributed by atoms with Crippen LogP contribution in [0.5, 0.6) is 0 Å². The Kier molecular flexibility index (Phi) is 12.1. The van der Waals surface area contributed by atoms with Crippen LogP contribution in [0.3, 0.4) is 0 Å². The van der Waals surface area contributed by atoms with Crippen LogP contribution in [-0.2, 0) is 47.7 Å². The van der Waals surface area contributed by atoms with E-state index in [0.29, 0.717) is 91.4 Å². The first-order valence-corrected chi connectivity index (χ1v) is 18.1. The fourth-order valence-electron chi connectivity index (χ4n) is 7.53. The third-order valence-corrected chi connectivity index (χ3v) is 10.3. The van der Waals surface area contributed by atoms with E-state index in [2.05, 4.69) is 10.6 Å². The number of imide groups is 2. The van der Waals surface area contributed by atoms with Gasteiger partial charge in [-0.3, -0.25) is 39.4 Å². The molecule has 4 atom stereocenters. The average molecular weight is 719 g/mol. The summed E-state index contributed by atoms with van der Waals surface area (Å²) in [4.78, 5) is 78.1. The topological polar surface area (TPSA) is 170 Å². The molecule has 278 valence electrons. The molecule has 6 aliphatic rings. The van der Waals surface area contributed by atoms with Crippen LogP contribution in [0.15, 0.2) is 72.2 Å². The number of carbonyl (C=O) groups is 6. The van der Waals surface area contributed by atoms with Crippen molar-refractivity contribution in [2.45, 2.75) is 63.5 Å². The van der Waals surface area contributed by atoms with Gasteiger partial charge in [-0.15, -0.1) is 0 Å². The summed E-state index contributed by atoms with van der Waals surface area (Å²) in [5.41, 5.74) is 0.00552. The molecule has 4 unspecified atom stereocenters. The zero-order valence-electron chi connectivity index (χ0n) is 29.2. The van der Waals surface area contributed by atoms with Crippen LogP contribution in [0.4, 0.5) is 0 Å². The summed E-state index contributed by atoms with van der Waals surface area (Å²) < 4.78 is 22.7. The maximum Gasteiger partial charge on any atom is 0.249 e. The summed E-state index contributed by atoms with van der Waals surface area (Å²) in [5, 5.41) is 4.67. The summed E-state index contributed by atoms with van der Waals surface area (Å²) in [6.07, 6.45) is 21.9. The van der Waals surface area contributed by atoms with E-state index in [-0.39, 0.29) is 36.5 Å². The number of hydrogen-bond acceptors (Lipinski definition) is 10. The van der Waals surface area contributed by atoms with Crippen molar-refractivity contribution in [3.05, 3.63) is 72.2 Å². The van der Waals surface area contributed by atoms with E-state index in [9.17, 15) is 28.8 Å². The molecule has 0 spiro atoms. The smallest absolute Gasteiger partial charge is 0.249 e. The predicted molar refractivity (Wildman–Crippen MR) is 185 cm³/mol. The standard InChI is InChI=1S/C38H46N4O10/c43-31-11-9-29(33(45)39-31)41-25-27-7-1-3-13-37(27,35(41)47)15-5-17-49-19-21-51-23-24-52-22-20-50-18-6-16-38-14-4-2-8-28(38)26-42(36(38)48)30-10-12-32(44)40-34(30)46/h1-4,7-8,13-14,25-26,29-30H,5-6,9-12,15-24H2,(H,39,43,45)(H,40,44,46). The molecule has 0 radical (unpaired) electrons. The summed E-state index contributed by atoms with van der Waals surface area (Å²) in [7, 11) is 0. The summed E-state index contributed by atoms with van der Waals surface area (Å²) >= 11 is 0. The lowest BCUT2D eigenvalue weighted by Gasteiger charge is -2.32. The number of ether oxygens (including phenoxy) is 4. The maximum atomic E-state index is 13.6. The second-order valence-electron chi connectivity index (χ2n) is 13.6. The second-order valence-corrected chi connectivity index (χ2v) is 13.6. The van der Waals surface area contributed by atoms with Crippen LogP contribution >= 0.6 is 0 Å². The molecule has 4 heterocycles. The second kappa shape index (κ2) is 16.9. The Labute approximate surface area is 302 Å². The highest BCUT2D eigenvalue weighted by atomic mass is 16.6. The minimum absolute atomic E-state index is 0.155. The number of fused-ring (bicyclic) bond motifs is 2. The van der Waals surface area contributed by atoms with Crippen molar-refractivity contribution in [2.24, 2.45) is 10.8 Å². The SMILES string of the molecule is O=C1CCC(N2C=C3C=CC=CC3(CCCOCCOCCOCCOCCCC34C=CC=CC3=CN(C3CCC(=O)NC3=O)C4=O)C2=O)C(=O)N1. The van der Waals surface area contributed by atoms with Crippen molar-refractivity contribution in [2.75, 3.05) is 52.9 Å². The molecule has 14 heteroatoms. The molecule has 0 bridgehead atoms. The Morgan fingerprint density at radius 3 is 1.33 bits per heavy atom. The molecule has 0 aromatic carbocycles. The van der Waals surface area contributed by atoms with Crippen LogP contribution in [0.1, 0.15) is 51.4 Å². The summed E-state index contributed by atoms with van der Waals surface area (Å²) in [6.45, 7) is 3.34. The van der Waals surface area contributed by atoms with Crippen molar-refractivity contribution in [3.8, 4) is 0 Å². The van der Waals surface area contributed by atoms with Crippen molar-refractivity contribution >= 4 is 35.4 Å². The van der Waals surface area contributed by atoms with Crippen LogP contribution in [0.25, 0.3) is 0 Å². The summed E-state index contributed by atoms with van der Waals surface area (Å²) in [5.74, 6) is -1.82. The van der Waals surface area contributed by atoms with Gasteiger partial charge in [0.2, 0.25) is 35.4 Å². The fourth-order valence-corrected chi connectivity index (χ4v) is 7.53. The van der Waals surface area contributed by atoms with E-state index in [1.54, 1.807) is 12.4 Å². The monoisotopic (exact) mass is 718 g/mol. The number of nitrogens with one attached hydrogen (secondary N) is 2. The molecule has 0 aromatic heterocycles. The Bertz CT molecular complexity index is 1510. The van der Waals surface area contributed by atoms with Gasteiger partial charge in [0.05, 0.1) is 50.5 Å². The lowest BCUT2D eigenvalue weighted by atomic mass is 9.75. The largest absolute Gasteiger partial charge is 0.379 e. The summed E-state index contributed by atoms with van der Waals surface area (Å²) in [6, 6.07) is -1.37. The molecule has 0 aromatic rings. The van der Waals surface area contributed by atoms with Crippen molar-refractivity contribution in [1.29, 1.82) is 0 Å². The number of nitrogens with zero attached hydrogens (tertiary/aromatic N) is 2. The quantitative estimate of drug-likeness (QED) is 0.149. The first kappa shape index (κ1) is 37.3. The van der Waals surface area contributed by atoms with E-state index < -0.39 is 34.7 Å². The first-order valence-electron chi connectivity index (χ1n) is 18.1. The third kappa shape index (κ3) is 7.94. The number of carbonyl (C=O) groups excluding carboxylic acids is 6. The van der Waals surface area contributed by atoms with Gasteiger partial charge in [0.1, 0.15) is 12.1 Å². The van der Waals surface area contributed by atoms with Crippen LogP contribution in [-0.4, -0.2) is 110 Å². The number of hydrogen-bond donors (Lipinski definition) is 2. The van der Waals surface area contributed by atoms with Gasteiger partial charge in [-0.25, -0.2) is 0 Å². The minimum atomic E-state index is -0.835. The van der Waals surface area contributed by atoms with Gasteiger partial charge in [0.25, 0.3) is 0 Å². The third-order valence-electron chi connectivity index (χ3n) is 10.3. The van der Waals surface area contributed by atoms with Gasteiger partial charge in [0, 0.05) is 38.5 Å². The van der Waals surface area contributed by atoms with Gasteiger partial charge in [0.15, 0.2) is 0 Å². The van der Waals surface area contributed by atoms with E-state index in [4.69, 9.17) is 18.9 Å². The number of amides is 6. The molecule has 2 aliphatic carbocycles. The van der Waals surface area contributed by atoms with Crippen molar-refractivity contribution < 1.29 is 47.7 Å². The lowest BCUT2D eigenvalue weighted by molar-refractivity contribution is -0.145. The van der Waals surface area contributed by atoms with E-state index in [0.717, 1.165) is 11.1 Å². The number of rotatable bonds is 19. The molecule has 2 fully saturated rings. The van der Waals surface area contributed by atoms with Gasteiger partial charge in [-0.1, -0.05) is 48.6 Å². The van der Waals surface area contributed by atoms with Gasteiger partial charge >= 0.3 is 0 Å². The zero-order valence-corrected chi connectivity index (χ0v) is 29.2. The molecular formula is C38H46N4O10. The van der Waals surface area contributed by atoms with E-state index in [1.807, 2.05) is 48.6 Å². The molecule has 6 rings (SSSR count). The maximum absolute atomic E-state index is 13.6. The molecule has 52 heavy (non-hydrogen) atoms. The Morgan fingerprint density at radius 1 is 0.558 bits per heavy atom. The highest BCUT2D eigenvalue weighted by Crippen LogP contribution is 2.46. The first-order chi connectivity index (χ1) is 25.2. The Balaban J connectivity index is 0.791. The lowest BCUT2D eigenvalue weighted by Crippen LogP contribution is -2.53. The highest BCUT2D eigenvalue weighted by molar-refractivity contribution is 6.05. The van der Waals surface area contributed by atoms with Crippen LogP contribution in [0, 0.1) is 10.8 Å². The van der Waals surface area contributed by atoms with E-state index in [1.165, 1.54) is 9.80 Å². The van der Waals surface area contributed by atoms with Crippen molar-refractivity contribution in [1.82, 2.24) is 20.4 Å². The number of allylic oxidation sites excluding steroid dienone is 6. The van der Waals surface area contributed by atoms with Gasteiger partial charge < -0.3 is 28.7 Å². The number of piperidine rings is 2. The molecular weight excluding hydrogens is 672 g/mol. The predicted octanol–water partition coefficient (Wildman–Crippen LogP) is 1.90. The Morgan fingerprint density at radius 2 is 0.942 bits per heavy atom. The minimum Gasteiger partial charge on any atom is -0.379 e. The van der Waals surface area contributed by atoms with Gasteiger partial charge in [-0.2, -0.15) is 0 Å². The zero-order chi connectivity index (χ0) is 36.6. The van der Waals surface area contributed by atoms with E-state index >= 15 is 0 Å². The average Bonchev–Trinajstić information content (AvgIpc) is 3.58. The molecule has 4 aliphatic heterocycles. The normalized spacial score (nSPS) is 27.9. The molecule has 2 N–H and O–H groups in total. The van der Waals surface area contributed by atoms with Crippen LogP contribution in [0.2, 0.25) is 0 Å². The molecule has 6 amide bonds. The molecule has 0 saturated carbocycles. The van der Waals surface area contributed by atoms with Crippen LogP contribution < -0.4 is 10.6 Å².